The second kappa shape index (κ2) is 18.9. The summed E-state index contributed by atoms with van der Waals surface area (Å²) in [5.41, 5.74) is 1.17. The van der Waals surface area contributed by atoms with Gasteiger partial charge in [0.1, 0.15) is 5.75 Å². The third kappa shape index (κ3) is 15.6. The molecular formula is C27H44O4. The lowest BCUT2D eigenvalue weighted by Gasteiger charge is -2.06. The van der Waals surface area contributed by atoms with Gasteiger partial charge in [0.15, 0.2) is 0 Å². The fourth-order valence-corrected chi connectivity index (χ4v) is 3.57. The minimum Gasteiger partial charge on any atom is -0.466 e. The van der Waals surface area contributed by atoms with Gasteiger partial charge in [-0.3, -0.25) is 9.59 Å². The predicted octanol–water partition coefficient (Wildman–Crippen LogP) is 7.57. The van der Waals surface area contributed by atoms with Crippen LogP contribution in [0.4, 0.5) is 0 Å². The minimum atomic E-state index is -0.156. The number of hydrogen-bond acceptors (Lipinski definition) is 4. The first-order valence-corrected chi connectivity index (χ1v) is 12.6. The number of rotatable bonds is 19. The molecule has 0 aliphatic heterocycles. The monoisotopic (exact) mass is 432 g/mol. The van der Waals surface area contributed by atoms with Crippen molar-refractivity contribution in [3.63, 3.8) is 0 Å². The molecule has 1 aromatic rings. The van der Waals surface area contributed by atoms with Crippen LogP contribution in [0.3, 0.4) is 0 Å². The Kier molecular flexibility index (Phi) is 16.6. The van der Waals surface area contributed by atoms with Crippen LogP contribution in [0, 0.1) is 0 Å². The molecule has 0 aromatic heterocycles. The lowest BCUT2D eigenvalue weighted by Crippen LogP contribution is -2.07. The summed E-state index contributed by atoms with van der Waals surface area (Å²) in [7, 11) is 0. The molecule has 0 bridgehead atoms. The van der Waals surface area contributed by atoms with Crippen LogP contribution in [0.1, 0.15) is 116 Å². The molecule has 4 nitrogen and oxygen atoms in total. The van der Waals surface area contributed by atoms with Crippen LogP contribution in [0.5, 0.6) is 5.75 Å². The van der Waals surface area contributed by atoms with Crippen LogP contribution < -0.4 is 4.74 Å². The lowest BCUT2D eigenvalue weighted by atomic mass is 10.1. The molecule has 4 heteroatoms. The molecular weight excluding hydrogens is 388 g/mol. The molecule has 0 fully saturated rings. The highest BCUT2D eigenvalue weighted by Crippen LogP contribution is 2.16. The van der Waals surface area contributed by atoms with Crippen molar-refractivity contribution >= 4 is 11.9 Å². The zero-order chi connectivity index (χ0) is 22.6. The summed E-state index contributed by atoms with van der Waals surface area (Å²) in [6.45, 7) is 4.89. The molecule has 1 aromatic carbocycles. The van der Waals surface area contributed by atoms with Gasteiger partial charge in [-0.2, -0.15) is 0 Å². The summed E-state index contributed by atoms with van der Waals surface area (Å²) in [5.74, 6) is 0.432. The van der Waals surface area contributed by atoms with E-state index in [9.17, 15) is 9.59 Å². The Morgan fingerprint density at radius 3 is 1.94 bits per heavy atom. The predicted molar refractivity (Wildman–Crippen MR) is 127 cm³/mol. The van der Waals surface area contributed by atoms with Gasteiger partial charge in [0.25, 0.3) is 0 Å². The first-order valence-electron chi connectivity index (χ1n) is 12.6. The summed E-state index contributed by atoms with van der Waals surface area (Å²) in [6.07, 6.45) is 16.6. The lowest BCUT2D eigenvalue weighted by molar-refractivity contribution is -0.144. The summed E-state index contributed by atoms with van der Waals surface area (Å²) in [6, 6.07) is 7.72. The molecule has 0 spiro atoms. The third-order valence-corrected chi connectivity index (χ3v) is 5.56. The highest BCUT2D eigenvalue weighted by molar-refractivity contribution is 5.72. The molecule has 0 saturated carbocycles. The Labute approximate surface area is 190 Å². The smallest absolute Gasteiger partial charge is 0.311 e. The van der Waals surface area contributed by atoms with E-state index in [1.54, 1.807) is 0 Å². The number of esters is 2. The average molecular weight is 433 g/mol. The summed E-state index contributed by atoms with van der Waals surface area (Å²) >= 11 is 0. The molecule has 1 rings (SSSR count). The van der Waals surface area contributed by atoms with Crippen LogP contribution in [0.2, 0.25) is 0 Å². The summed E-state index contributed by atoms with van der Waals surface area (Å²) in [5, 5.41) is 0. The molecule has 0 heterocycles. The molecule has 0 amide bonds. The van der Waals surface area contributed by atoms with Crippen molar-refractivity contribution in [3.8, 4) is 5.75 Å². The van der Waals surface area contributed by atoms with Crippen molar-refractivity contribution in [2.45, 2.75) is 117 Å². The van der Waals surface area contributed by atoms with Crippen LogP contribution in [-0.2, 0) is 20.7 Å². The topological polar surface area (TPSA) is 52.6 Å². The molecule has 0 aliphatic carbocycles. The maximum absolute atomic E-state index is 11.9. The molecule has 0 radical (unpaired) electrons. The Bertz CT molecular complexity index is 597. The van der Waals surface area contributed by atoms with Gasteiger partial charge in [-0.25, -0.2) is 0 Å². The van der Waals surface area contributed by atoms with Crippen LogP contribution >= 0.6 is 0 Å². The molecule has 0 saturated heterocycles. The van der Waals surface area contributed by atoms with E-state index in [2.05, 4.69) is 13.8 Å². The largest absolute Gasteiger partial charge is 0.466 e. The zero-order valence-electron chi connectivity index (χ0n) is 20.0. The molecule has 0 aliphatic rings. The molecule has 176 valence electrons. The van der Waals surface area contributed by atoms with E-state index < -0.39 is 0 Å². The van der Waals surface area contributed by atoms with Crippen molar-refractivity contribution in [1.29, 1.82) is 0 Å². The number of carbonyl (C=O) groups excluding carboxylic acids is 2. The van der Waals surface area contributed by atoms with E-state index in [0.29, 0.717) is 25.2 Å². The van der Waals surface area contributed by atoms with Gasteiger partial charge >= 0.3 is 11.9 Å². The number of benzene rings is 1. The van der Waals surface area contributed by atoms with Gasteiger partial charge in [0.2, 0.25) is 0 Å². The second-order valence-corrected chi connectivity index (χ2v) is 8.44. The van der Waals surface area contributed by atoms with Crippen LogP contribution in [-0.4, -0.2) is 18.5 Å². The molecule has 31 heavy (non-hydrogen) atoms. The first-order chi connectivity index (χ1) is 15.2. The van der Waals surface area contributed by atoms with Gasteiger partial charge in [0, 0.05) is 12.8 Å². The molecule has 0 atom stereocenters. The van der Waals surface area contributed by atoms with Gasteiger partial charge in [-0.15, -0.1) is 0 Å². The maximum Gasteiger partial charge on any atom is 0.311 e. The van der Waals surface area contributed by atoms with E-state index in [0.717, 1.165) is 57.8 Å². The Morgan fingerprint density at radius 2 is 1.29 bits per heavy atom. The number of ether oxygens (including phenoxy) is 2. The third-order valence-electron chi connectivity index (χ3n) is 5.56. The quantitative estimate of drug-likeness (QED) is 0.128. The Hall–Kier alpha value is -1.84. The van der Waals surface area contributed by atoms with Gasteiger partial charge in [-0.1, -0.05) is 90.2 Å². The van der Waals surface area contributed by atoms with Crippen molar-refractivity contribution in [1.82, 2.24) is 0 Å². The normalized spacial score (nSPS) is 10.8. The summed E-state index contributed by atoms with van der Waals surface area (Å²) < 4.78 is 10.7. The van der Waals surface area contributed by atoms with Crippen molar-refractivity contribution in [3.05, 3.63) is 29.8 Å². The fraction of sp³-hybridized carbons (Fsp3) is 0.704. The average Bonchev–Trinajstić information content (AvgIpc) is 2.77. The van der Waals surface area contributed by atoms with Crippen molar-refractivity contribution in [2.24, 2.45) is 0 Å². The SMILES string of the molecule is CCCCCCCCCOC(=O)CCCCCCCCC(=O)Oc1cccc(CC)c1. The van der Waals surface area contributed by atoms with E-state index in [4.69, 9.17) is 9.47 Å². The second-order valence-electron chi connectivity index (χ2n) is 8.44. The minimum absolute atomic E-state index is 0.0547. The van der Waals surface area contributed by atoms with Crippen molar-refractivity contribution in [2.75, 3.05) is 6.61 Å². The summed E-state index contributed by atoms with van der Waals surface area (Å²) in [4.78, 5) is 23.7. The van der Waals surface area contributed by atoms with Crippen molar-refractivity contribution < 1.29 is 19.1 Å². The standard InChI is InChI=1S/C27H44O4/c1-3-5-6-7-10-13-16-22-30-26(28)20-14-11-8-9-12-15-21-27(29)31-25-19-17-18-24(4-2)23-25/h17-19,23H,3-16,20-22H2,1-2H3. The first kappa shape index (κ1) is 27.2. The number of unbranched alkanes of at least 4 members (excludes halogenated alkanes) is 11. The van der Waals surface area contributed by atoms with Gasteiger partial charge in [0.05, 0.1) is 6.61 Å². The van der Waals surface area contributed by atoms with Crippen LogP contribution in [0.15, 0.2) is 24.3 Å². The highest BCUT2D eigenvalue weighted by Gasteiger charge is 2.06. The number of aryl methyl sites for hydroxylation is 1. The molecule has 0 N–H and O–H groups in total. The number of carbonyl (C=O) groups is 2. The van der Waals surface area contributed by atoms with E-state index in [1.165, 1.54) is 37.7 Å². The Balaban J connectivity index is 1.89. The van der Waals surface area contributed by atoms with Gasteiger partial charge < -0.3 is 9.47 Å². The van der Waals surface area contributed by atoms with E-state index in [-0.39, 0.29) is 11.9 Å². The van der Waals surface area contributed by atoms with Gasteiger partial charge in [-0.05, 0) is 43.4 Å². The Morgan fingerprint density at radius 1 is 0.710 bits per heavy atom. The highest BCUT2D eigenvalue weighted by atomic mass is 16.5. The van der Waals surface area contributed by atoms with E-state index >= 15 is 0 Å². The fourth-order valence-electron chi connectivity index (χ4n) is 3.57. The number of hydrogen-bond donors (Lipinski definition) is 0. The maximum atomic E-state index is 11.9. The van der Waals surface area contributed by atoms with E-state index in [1.807, 2.05) is 24.3 Å². The zero-order valence-corrected chi connectivity index (χ0v) is 20.0. The van der Waals surface area contributed by atoms with Crippen LogP contribution in [0.25, 0.3) is 0 Å². The molecule has 0 unspecified atom stereocenters.